The van der Waals surface area contributed by atoms with Gasteiger partial charge in [0, 0.05) is 43.7 Å². The highest BCUT2D eigenvalue weighted by Gasteiger charge is 2.20. The van der Waals surface area contributed by atoms with E-state index in [9.17, 15) is 0 Å². The van der Waals surface area contributed by atoms with E-state index in [0.29, 0.717) is 6.04 Å². The molecule has 0 unspecified atom stereocenters. The number of nitrogens with one attached hydrogen (secondary N) is 2. The van der Waals surface area contributed by atoms with Gasteiger partial charge in [-0.25, -0.2) is 0 Å². The van der Waals surface area contributed by atoms with Gasteiger partial charge in [0.25, 0.3) is 0 Å². The summed E-state index contributed by atoms with van der Waals surface area (Å²) in [6.07, 6.45) is 6.27. The van der Waals surface area contributed by atoms with E-state index in [-0.39, 0.29) is 24.0 Å². The summed E-state index contributed by atoms with van der Waals surface area (Å²) in [6, 6.07) is 9.20. The lowest BCUT2D eigenvalue weighted by Crippen LogP contribution is -2.48. The van der Waals surface area contributed by atoms with Crippen LogP contribution in [-0.2, 0) is 6.54 Å². The third-order valence-corrected chi connectivity index (χ3v) is 6.14. The maximum atomic E-state index is 4.41. The zero-order valence-corrected chi connectivity index (χ0v) is 20.9. The first-order valence-electron chi connectivity index (χ1n) is 10.4. The minimum Gasteiger partial charge on any atom is -0.356 e. The maximum absolute atomic E-state index is 4.41. The number of hydrogen-bond acceptors (Lipinski definition) is 3. The normalized spacial score (nSPS) is 19.4. The van der Waals surface area contributed by atoms with Crippen molar-refractivity contribution in [3.63, 3.8) is 0 Å². The fourth-order valence-electron chi connectivity index (χ4n) is 3.99. The van der Waals surface area contributed by atoms with E-state index >= 15 is 0 Å². The number of halogens is 2. The second-order valence-electron chi connectivity index (χ2n) is 7.72. The summed E-state index contributed by atoms with van der Waals surface area (Å²) >= 11 is 3.51. The topological polar surface area (TPSA) is 42.9 Å². The zero-order valence-electron chi connectivity index (χ0n) is 17.0. The van der Waals surface area contributed by atoms with Crippen molar-refractivity contribution in [2.45, 2.75) is 44.7 Å². The Morgan fingerprint density at radius 1 is 1.07 bits per heavy atom. The highest BCUT2D eigenvalue weighted by Crippen LogP contribution is 2.16. The number of nitrogens with zero attached hydrogens (tertiary/aromatic N) is 3. The summed E-state index contributed by atoms with van der Waals surface area (Å²) in [5, 5.41) is 7.11. The molecule has 3 rings (SSSR count). The van der Waals surface area contributed by atoms with E-state index in [1.54, 1.807) is 0 Å². The summed E-state index contributed by atoms with van der Waals surface area (Å²) in [4.78, 5) is 9.53. The predicted molar refractivity (Wildman–Crippen MR) is 133 cm³/mol. The van der Waals surface area contributed by atoms with Crippen LogP contribution in [0.5, 0.6) is 0 Å². The van der Waals surface area contributed by atoms with Crippen molar-refractivity contribution in [2.75, 3.05) is 46.3 Å². The molecule has 5 nitrogen and oxygen atoms in total. The van der Waals surface area contributed by atoms with E-state index in [0.717, 1.165) is 36.6 Å². The van der Waals surface area contributed by atoms with Gasteiger partial charge in [0.2, 0.25) is 0 Å². The Labute approximate surface area is 195 Å². The highest BCUT2D eigenvalue weighted by atomic mass is 127. The number of guanidine groups is 1. The van der Waals surface area contributed by atoms with Crippen molar-refractivity contribution in [1.82, 2.24) is 20.4 Å². The van der Waals surface area contributed by atoms with E-state index in [2.05, 4.69) is 65.6 Å². The van der Waals surface area contributed by atoms with Gasteiger partial charge in [-0.1, -0.05) is 28.1 Å². The van der Waals surface area contributed by atoms with Gasteiger partial charge < -0.3 is 15.5 Å². The largest absolute Gasteiger partial charge is 0.356 e. The molecule has 2 aliphatic heterocycles. The van der Waals surface area contributed by atoms with Gasteiger partial charge >= 0.3 is 0 Å². The molecule has 1 aromatic rings. The number of hydrogen-bond donors (Lipinski definition) is 2. The Kier molecular flexibility index (Phi) is 11.1. The summed E-state index contributed by atoms with van der Waals surface area (Å²) in [5.41, 5.74) is 1.39. The number of benzene rings is 1. The van der Waals surface area contributed by atoms with Crippen LogP contribution in [0.15, 0.2) is 33.7 Å². The van der Waals surface area contributed by atoms with Gasteiger partial charge in [-0.05, 0) is 69.4 Å². The lowest BCUT2D eigenvalue weighted by atomic mass is 10.0. The van der Waals surface area contributed by atoms with Crippen molar-refractivity contribution in [3.05, 3.63) is 34.3 Å². The van der Waals surface area contributed by atoms with Gasteiger partial charge in [-0.2, -0.15) is 0 Å². The quantitative estimate of drug-likeness (QED) is 0.230. The summed E-state index contributed by atoms with van der Waals surface area (Å²) < 4.78 is 1.15. The first-order valence-corrected chi connectivity index (χ1v) is 11.2. The summed E-state index contributed by atoms with van der Waals surface area (Å²) in [5.74, 6) is 0.961. The van der Waals surface area contributed by atoms with Crippen LogP contribution in [0.25, 0.3) is 0 Å². The molecule has 0 aliphatic carbocycles. The zero-order chi connectivity index (χ0) is 18.9. The molecule has 0 spiro atoms. The van der Waals surface area contributed by atoms with Crippen molar-refractivity contribution in [2.24, 2.45) is 4.99 Å². The van der Waals surface area contributed by atoms with Gasteiger partial charge in [-0.3, -0.25) is 9.89 Å². The van der Waals surface area contributed by atoms with E-state index in [1.165, 1.54) is 57.3 Å². The van der Waals surface area contributed by atoms with Crippen LogP contribution >= 0.6 is 39.9 Å². The molecule has 158 valence electrons. The second-order valence-corrected chi connectivity index (χ2v) is 8.64. The second kappa shape index (κ2) is 13.0. The lowest BCUT2D eigenvalue weighted by Gasteiger charge is -2.33. The van der Waals surface area contributed by atoms with E-state index in [1.807, 2.05) is 7.05 Å². The minimum absolute atomic E-state index is 0. The Balaban J connectivity index is 0.00000280. The molecule has 7 heteroatoms. The van der Waals surface area contributed by atoms with Crippen LogP contribution in [0.1, 0.15) is 37.7 Å². The minimum atomic E-state index is 0. The molecular formula is C21H35BrIN5. The Morgan fingerprint density at radius 2 is 1.75 bits per heavy atom. The third-order valence-electron chi connectivity index (χ3n) is 5.61. The molecule has 0 atom stereocenters. The number of aliphatic imine (C=N–C) groups is 1. The molecule has 0 bridgehead atoms. The van der Waals surface area contributed by atoms with Crippen molar-refractivity contribution >= 4 is 45.9 Å². The molecular weight excluding hydrogens is 529 g/mol. The maximum Gasteiger partial charge on any atom is 0.191 e. The molecule has 1 aromatic carbocycles. The number of piperidine rings is 1. The van der Waals surface area contributed by atoms with Gasteiger partial charge in [0.05, 0.1) is 0 Å². The molecule has 0 aromatic heterocycles. The van der Waals surface area contributed by atoms with Crippen molar-refractivity contribution in [1.29, 1.82) is 0 Å². The molecule has 28 heavy (non-hydrogen) atoms. The predicted octanol–water partition coefficient (Wildman–Crippen LogP) is 3.68. The Bertz CT molecular complexity index is 581. The average molecular weight is 564 g/mol. The monoisotopic (exact) mass is 563 g/mol. The van der Waals surface area contributed by atoms with Crippen LogP contribution in [0.4, 0.5) is 0 Å². The first-order chi connectivity index (χ1) is 13.2. The summed E-state index contributed by atoms with van der Waals surface area (Å²) in [6.45, 7) is 8.09. The fourth-order valence-corrected chi connectivity index (χ4v) is 4.25. The molecule has 2 N–H and O–H groups in total. The van der Waals surface area contributed by atoms with E-state index in [4.69, 9.17) is 0 Å². The van der Waals surface area contributed by atoms with Crippen LogP contribution < -0.4 is 10.6 Å². The van der Waals surface area contributed by atoms with Crippen LogP contribution in [0.2, 0.25) is 0 Å². The SMILES string of the molecule is CN=C(NCCCN1CCCC1)NC1CCN(Cc2ccc(Br)cc2)CC1.I. The van der Waals surface area contributed by atoms with Crippen molar-refractivity contribution in [3.8, 4) is 0 Å². The molecule has 0 radical (unpaired) electrons. The number of rotatable bonds is 7. The molecule has 2 aliphatic rings. The third kappa shape index (κ3) is 8.16. The van der Waals surface area contributed by atoms with Crippen LogP contribution in [0.3, 0.4) is 0 Å². The smallest absolute Gasteiger partial charge is 0.191 e. The highest BCUT2D eigenvalue weighted by molar-refractivity contribution is 14.0. The van der Waals surface area contributed by atoms with Crippen LogP contribution in [0, 0.1) is 0 Å². The number of likely N-dealkylation sites (tertiary alicyclic amines) is 2. The van der Waals surface area contributed by atoms with Crippen molar-refractivity contribution < 1.29 is 0 Å². The fraction of sp³-hybridized carbons (Fsp3) is 0.667. The van der Waals surface area contributed by atoms with E-state index < -0.39 is 0 Å². The van der Waals surface area contributed by atoms with Gasteiger partial charge in [-0.15, -0.1) is 24.0 Å². The Morgan fingerprint density at radius 3 is 2.39 bits per heavy atom. The standard InChI is InChI=1S/C21H34BrN5.HI/c1-23-21(24-11-4-14-26-12-2-3-13-26)25-20-9-15-27(16-10-20)17-18-5-7-19(22)8-6-18;/h5-8,20H,2-4,9-17H2,1H3,(H2,23,24,25);1H. The lowest BCUT2D eigenvalue weighted by molar-refractivity contribution is 0.198. The van der Waals surface area contributed by atoms with Gasteiger partial charge in [0.15, 0.2) is 5.96 Å². The van der Waals surface area contributed by atoms with Gasteiger partial charge in [0.1, 0.15) is 0 Å². The average Bonchev–Trinajstić information content (AvgIpc) is 3.21. The molecule has 2 fully saturated rings. The molecule has 2 saturated heterocycles. The molecule has 0 amide bonds. The first kappa shape index (κ1) is 23.9. The molecule has 2 heterocycles. The molecule has 0 saturated carbocycles. The Hall–Kier alpha value is -0.380. The summed E-state index contributed by atoms with van der Waals surface area (Å²) in [7, 11) is 1.87. The van der Waals surface area contributed by atoms with Crippen LogP contribution in [-0.4, -0.2) is 68.1 Å².